The van der Waals surface area contributed by atoms with E-state index in [1.807, 2.05) is 30.3 Å². The molecule has 3 aliphatic heterocycles. The van der Waals surface area contributed by atoms with Crippen molar-refractivity contribution < 1.29 is 4.79 Å². The topological polar surface area (TPSA) is 35.9 Å². The van der Waals surface area contributed by atoms with E-state index in [4.69, 9.17) is 11.6 Å². The fraction of sp³-hybridized carbons (Fsp3) is 0.412. The molecule has 0 N–H and O–H groups in total. The van der Waals surface area contributed by atoms with Gasteiger partial charge in [-0.25, -0.2) is 0 Å². The number of nitrogens with zero attached hydrogens (tertiary/aromatic N) is 3. The largest absolute Gasteiger partial charge is 0.348 e. The molecule has 1 unspecified atom stereocenters. The van der Waals surface area contributed by atoms with Crippen molar-refractivity contribution in [3.05, 3.63) is 39.8 Å². The van der Waals surface area contributed by atoms with Gasteiger partial charge in [0.05, 0.1) is 4.91 Å². The van der Waals surface area contributed by atoms with Crippen LogP contribution in [0.3, 0.4) is 0 Å². The summed E-state index contributed by atoms with van der Waals surface area (Å²) in [5.74, 6) is -0.131. The number of amides is 1. The molecule has 3 heterocycles. The second kappa shape index (κ2) is 6.30. The molecule has 1 aromatic carbocycles. The van der Waals surface area contributed by atoms with Crippen LogP contribution in [0, 0.1) is 0 Å². The first-order valence-corrected chi connectivity index (χ1v) is 9.15. The van der Waals surface area contributed by atoms with E-state index < -0.39 is 0 Å². The lowest BCUT2D eigenvalue weighted by Crippen LogP contribution is -2.51. The van der Waals surface area contributed by atoms with E-state index in [2.05, 4.69) is 14.8 Å². The highest BCUT2D eigenvalue weighted by atomic mass is 35.5. The fourth-order valence-electron chi connectivity index (χ4n) is 3.41. The molecule has 4 nitrogen and oxygen atoms in total. The summed E-state index contributed by atoms with van der Waals surface area (Å²) in [5, 5.41) is 1.56. The normalized spacial score (nSPS) is 26.7. The maximum atomic E-state index is 12.2. The Morgan fingerprint density at radius 1 is 1.22 bits per heavy atom. The molecule has 2 fully saturated rings. The molecule has 1 atom stereocenters. The van der Waals surface area contributed by atoms with Gasteiger partial charge in [0.2, 0.25) is 0 Å². The Morgan fingerprint density at radius 2 is 2.04 bits per heavy atom. The summed E-state index contributed by atoms with van der Waals surface area (Å²) in [6, 6.07) is 8.13. The van der Waals surface area contributed by atoms with E-state index in [1.165, 1.54) is 31.1 Å². The number of carbonyl (C=O) groups excluding carboxylic acids is 1. The molecule has 3 aliphatic rings. The van der Waals surface area contributed by atoms with Gasteiger partial charge in [-0.05, 0) is 54.9 Å². The third-order valence-electron chi connectivity index (χ3n) is 4.63. The van der Waals surface area contributed by atoms with Crippen molar-refractivity contribution in [1.82, 2.24) is 9.80 Å². The molecule has 23 heavy (non-hydrogen) atoms. The number of thioether (sulfide) groups is 1. The second-order valence-corrected chi connectivity index (χ2v) is 7.59. The lowest BCUT2D eigenvalue weighted by molar-refractivity contribution is -0.113. The Bertz CT molecular complexity index is 686. The molecule has 0 radical (unpaired) electrons. The first-order chi connectivity index (χ1) is 11.2. The van der Waals surface area contributed by atoms with Gasteiger partial charge in [-0.3, -0.25) is 9.69 Å². The smallest absolute Gasteiger partial charge is 0.286 e. The minimum Gasteiger partial charge on any atom is -0.348 e. The van der Waals surface area contributed by atoms with E-state index in [1.54, 1.807) is 0 Å². The molecule has 120 valence electrons. The standard InChI is InChI=1S/C17H18ClN3OS/c18-13-5-3-12(4-6-13)10-15-16(22)19-17(23-15)21-9-8-20-7-1-2-14(20)11-21/h3-6,10,14H,1-2,7-9,11H2. The number of piperazine rings is 1. The van der Waals surface area contributed by atoms with Crippen molar-refractivity contribution in [2.24, 2.45) is 4.99 Å². The molecule has 1 aromatic rings. The number of benzene rings is 1. The zero-order valence-corrected chi connectivity index (χ0v) is 14.3. The molecule has 0 aromatic heterocycles. The third-order valence-corrected chi connectivity index (χ3v) is 5.93. The summed E-state index contributed by atoms with van der Waals surface area (Å²) in [6.07, 6.45) is 4.44. The summed E-state index contributed by atoms with van der Waals surface area (Å²) >= 11 is 7.39. The first kappa shape index (κ1) is 15.2. The van der Waals surface area contributed by atoms with Crippen LogP contribution in [0.15, 0.2) is 34.2 Å². The Morgan fingerprint density at radius 3 is 2.87 bits per heavy atom. The average Bonchev–Trinajstić information content (AvgIpc) is 3.16. The van der Waals surface area contributed by atoms with Crippen LogP contribution in [0.4, 0.5) is 0 Å². The Balaban J connectivity index is 1.47. The molecular formula is C17H18ClN3OS. The molecule has 6 heteroatoms. The Hall–Kier alpha value is -1.30. The lowest BCUT2D eigenvalue weighted by atomic mass is 10.2. The van der Waals surface area contributed by atoms with Gasteiger partial charge in [0.15, 0.2) is 5.17 Å². The minimum atomic E-state index is -0.131. The highest BCUT2D eigenvalue weighted by molar-refractivity contribution is 8.18. The summed E-state index contributed by atoms with van der Waals surface area (Å²) in [6.45, 7) is 4.25. The van der Waals surface area contributed by atoms with Gasteiger partial charge < -0.3 is 4.90 Å². The van der Waals surface area contributed by atoms with Crippen molar-refractivity contribution >= 4 is 40.5 Å². The Kier molecular flexibility index (Phi) is 4.18. The van der Waals surface area contributed by atoms with Gasteiger partial charge in [0.1, 0.15) is 0 Å². The first-order valence-electron chi connectivity index (χ1n) is 7.96. The van der Waals surface area contributed by atoms with Crippen LogP contribution < -0.4 is 0 Å². The van der Waals surface area contributed by atoms with Crippen LogP contribution in [-0.2, 0) is 4.79 Å². The van der Waals surface area contributed by atoms with Crippen LogP contribution >= 0.6 is 23.4 Å². The number of hydrogen-bond donors (Lipinski definition) is 0. The highest BCUT2D eigenvalue weighted by Gasteiger charge is 2.34. The van der Waals surface area contributed by atoms with Crippen LogP contribution in [0.1, 0.15) is 18.4 Å². The monoisotopic (exact) mass is 347 g/mol. The maximum Gasteiger partial charge on any atom is 0.286 e. The molecule has 0 spiro atoms. The zero-order valence-electron chi connectivity index (χ0n) is 12.7. The predicted octanol–water partition coefficient (Wildman–Crippen LogP) is 3.09. The molecular weight excluding hydrogens is 330 g/mol. The molecule has 0 aliphatic carbocycles. The lowest BCUT2D eigenvalue weighted by Gasteiger charge is -2.38. The quantitative estimate of drug-likeness (QED) is 0.731. The molecule has 0 saturated carbocycles. The van der Waals surface area contributed by atoms with E-state index in [0.29, 0.717) is 16.0 Å². The number of rotatable bonds is 1. The third kappa shape index (κ3) is 3.18. The van der Waals surface area contributed by atoms with Crippen LogP contribution in [0.2, 0.25) is 5.02 Å². The molecule has 0 bridgehead atoms. The van der Waals surface area contributed by atoms with Gasteiger partial charge in [-0.2, -0.15) is 4.99 Å². The van der Waals surface area contributed by atoms with Crippen molar-refractivity contribution in [3.8, 4) is 0 Å². The van der Waals surface area contributed by atoms with Gasteiger partial charge in [0.25, 0.3) is 5.91 Å². The molecule has 1 amide bonds. The van der Waals surface area contributed by atoms with Crippen molar-refractivity contribution in [3.63, 3.8) is 0 Å². The predicted molar refractivity (Wildman–Crippen MR) is 95.6 cm³/mol. The number of carbonyl (C=O) groups is 1. The van der Waals surface area contributed by atoms with E-state index >= 15 is 0 Å². The van der Waals surface area contributed by atoms with Gasteiger partial charge in [-0.15, -0.1) is 0 Å². The van der Waals surface area contributed by atoms with Crippen molar-refractivity contribution in [2.75, 3.05) is 26.2 Å². The van der Waals surface area contributed by atoms with Crippen LogP contribution in [-0.4, -0.2) is 53.1 Å². The van der Waals surface area contributed by atoms with Gasteiger partial charge in [-0.1, -0.05) is 23.7 Å². The summed E-state index contributed by atoms with van der Waals surface area (Å²) in [4.78, 5) is 22.0. The second-order valence-electron chi connectivity index (χ2n) is 6.14. The minimum absolute atomic E-state index is 0.131. The summed E-state index contributed by atoms with van der Waals surface area (Å²) in [5.41, 5.74) is 0.974. The number of amidine groups is 1. The number of hydrogen-bond acceptors (Lipinski definition) is 4. The fourth-order valence-corrected chi connectivity index (χ4v) is 4.48. The van der Waals surface area contributed by atoms with Crippen LogP contribution in [0.25, 0.3) is 6.08 Å². The SMILES string of the molecule is O=C1N=C(N2CCN3CCCC3C2)SC1=Cc1ccc(Cl)cc1. The number of halogens is 1. The van der Waals surface area contributed by atoms with Crippen molar-refractivity contribution in [1.29, 1.82) is 0 Å². The van der Waals surface area contributed by atoms with Crippen molar-refractivity contribution in [2.45, 2.75) is 18.9 Å². The molecule has 2 saturated heterocycles. The van der Waals surface area contributed by atoms with E-state index in [9.17, 15) is 4.79 Å². The van der Waals surface area contributed by atoms with Crippen LogP contribution in [0.5, 0.6) is 0 Å². The Labute approximate surface area is 145 Å². The van der Waals surface area contributed by atoms with E-state index in [0.717, 1.165) is 30.4 Å². The summed E-state index contributed by atoms with van der Waals surface area (Å²) < 4.78 is 0. The van der Waals surface area contributed by atoms with Gasteiger partial charge >= 0.3 is 0 Å². The summed E-state index contributed by atoms with van der Waals surface area (Å²) in [7, 11) is 0. The van der Waals surface area contributed by atoms with Gasteiger partial charge in [0, 0.05) is 30.7 Å². The zero-order chi connectivity index (χ0) is 15.8. The highest BCUT2D eigenvalue weighted by Crippen LogP contribution is 2.32. The average molecular weight is 348 g/mol. The maximum absolute atomic E-state index is 12.2. The van der Waals surface area contributed by atoms with E-state index in [-0.39, 0.29) is 5.91 Å². The molecule has 4 rings (SSSR count). The number of fused-ring (bicyclic) bond motifs is 1. The number of aliphatic imine (C=N–C) groups is 1.